The molecule has 0 spiro atoms. The van der Waals surface area contributed by atoms with Crippen LogP contribution in [0.3, 0.4) is 0 Å². The minimum atomic E-state index is 0.0736. The van der Waals surface area contributed by atoms with Gasteiger partial charge in [-0.2, -0.15) is 0 Å². The van der Waals surface area contributed by atoms with E-state index in [0.717, 1.165) is 16.6 Å². The van der Waals surface area contributed by atoms with E-state index in [9.17, 15) is 0 Å². The highest BCUT2D eigenvalue weighted by molar-refractivity contribution is 9.10. The van der Waals surface area contributed by atoms with E-state index >= 15 is 0 Å². The lowest BCUT2D eigenvalue weighted by molar-refractivity contribution is 0.420. The summed E-state index contributed by atoms with van der Waals surface area (Å²) in [6, 6.07) is 16.5. The highest BCUT2D eigenvalue weighted by Gasteiger charge is 2.23. The number of rotatable bonds is 5. The molecule has 0 heterocycles. The number of benzene rings is 2. The van der Waals surface area contributed by atoms with E-state index in [1.165, 1.54) is 5.56 Å². The van der Waals surface area contributed by atoms with Crippen LogP contribution in [0.15, 0.2) is 53.0 Å². The van der Waals surface area contributed by atoms with Crippen molar-refractivity contribution in [1.29, 1.82) is 0 Å². The molecule has 24 heavy (non-hydrogen) atoms. The second kappa shape index (κ2) is 8.32. The molecule has 1 unspecified atom stereocenters. The molecule has 2 N–H and O–H groups in total. The Labute approximate surface area is 163 Å². The van der Waals surface area contributed by atoms with Crippen LogP contribution in [0.2, 0.25) is 5.02 Å². The summed E-state index contributed by atoms with van der Waals surface area (Å²) in [5.74, 6) is 0. The van der Waals surface area contributed by atoms with Gasteiger partial charge in [0.15, 0.2) is 5.11 Å². The maximum atomic E-state index is 6.11. The third-order valence-corrected chi connectivity index (χ3v) is 5.38. The molecule has 0 amide bonds. The summed E-state index contributed by atoms with van der Waals surface area (Å²) in [6.07, 6.45) is 0.972. The number of halogens is 2. The van der Waals surface area contributed by atoms with Crippen LogP contribution >= 0.6 is 39.7 Å². The molecule has 128 valence electrons. The predicted octanol–water partition coefficient (Wildman–Crippen LogP) is 6.15. The van der Waals surface area contributed by atoms with Gasteiger partial charge in [0.2, 0.25) is 0 Å². The Morgan fingerprint density at radius 2 is 1.88 bits per heavy atom. The molecule has 2 nitrogen and oxygen atoms in total. The van der Waals surface area contributed by atoms with Gasteiger partial charge in [-0.15, -0.1) is 0 Å². The SMILES string of the molecule is CC(CC(C)(C)c1ccccc1)NC(=S)Nc1ccc(Br)c(Cl)c1. The van der Waals surface area contributed by atoms with Crippen LogP contribution in [0, 0.1) is 0 Å². The zero-order valence-corrected chi connectivity index (χ0v) is 17.2. The molecular formula is C19H22BrClN2S. The molecule has 2 rings (SSSR count). The molecule has 2 aromatic carbocycles. The zero-order valence-electron chi connectivity index (χ0n) is 14.1. The van der Waals surface area contributed by atoms with Crippen LogP contribution in [-0.2, 0) is 5.41 Å². The minimum Gasteiger partial charge on any atom is -0.360 e. The number of hydrogen-bond acceptors (Lipinski definition) is 1. The Hall–Kier alpha value is -1.10. The van der Waals surface area contributed by atoms with E-state index in [-0.39, 0.29) is 11.5 Å². The summed E-state index contributed by atoms with van der Waals surface area (Å²) in [5, 5.41) is 7.79. The van der Waals surface area contributed by atoms with Crippen molar-refractivity contribution in [3.8, 4) is 0 Å². The van der Waals surface area contributed by atoms with Gasteiger partial charge in [0, 0.05) is 16.2 Å². The van der Waals surface area contributed by atoms with Crippen molar-refractivity contribution in [1.82, 2.24) is 5.32 Å². The zero-order chi connectivity index (χ0) is 17.7. The van der Waals surface area contributed by atoms with Crippen LogP contribution in [0.5, 0.6) is 0 Å². The fourth-order valence-corrected chi connectivity index (χ4v) is 3.53. The molecule has 0 radical (unpaired) electrons. The largest absolute Gasteiger partial charge is 0.360 e. The average molecular weight is 426 g/mol. The van der Waals surface area contributed by atoms with Crippen molar-refractivity contribution in [2.24, 2.45) is 0 Å². The van der Waals surface area contributed by atoms with E-state index in [2.05, 4.69) is 71.6 Å². The topological polar surface area (TPSA) is 24.1 Å². The third kappa shape index (κ3) is 5.47. The molecule has 0 aliphatic heterocycles. The van der Waals surface area contributed by atoms with Gasteiger partial charge < -0.3 is 10.6 Å². The summed E-state index contributed by atoms with van der Waals surface area (Å²) < 4.78 is 0.867. The minimum absolute atomic E-state index is 0.0736. The van der Waals surface area contributed by atoms with Gasteiger partial charge in [-0.25, -0.2) is 0 Å². The van der Waals surface area contributed by atoms with Crippen LogP contribution < -0.4 is 10.6 Å². The molecule has 0 aliphatic carbocycles. The molecule has 0 aliphatic rings. The van der Waals surface area contributed by atoms with Crippen molar-refractivity contribution >= 4 is 50.5 Å². The summed E-state index contributed by atoms with van der Waals surface area (Å²) in [5.41, 5.74) is 2.27. The molecular weight excluding hydrogens is 404 g/mol. The Kier molecular flexibility index (Phi) is 6.67. The van der Waals surface area contributed by atoms with E-state index in [4.69, 9.17) is 23.8 Å². The first-order valence-corrected chi connectivity index (χ1v) is 9.44. The fourth-order valence-electron chi connectivity index (χ4n) is 2.79. The molecule has 2 aromatic rings. The van der Waals surface area contributed by atoms with E-state index in [1.54, 1.807) is 0 Å². The van der Waals surface area contributed by atoms with Crippen molar-refractivity contribution in [3.05, 3.63) is 63.6 Å². The van der Waals surface area contributed by atoms with E-state index < -0.39 is 0 Å². The third-order valence-electron chi connectivity index (χ3n) is 3.93. The van der Waals surface area contributed by atoms with Gasteiger partial charge in [-0.1, -0.05) is 55.8 Å². The van der Waals surface area contributed by atoms with Crippen molar-refractivity contribution in [3.63, 3.8) is 0 Å². The molecule has 0 saturated carbocycles. The maximum absolute atomic E-state index is 6.11. The van der Waals surface area contributed by atoms with Gasteiger partial charge in [0.1, 0.15) is 0 Å². The first kappa shape index (κ1) is 19.2. The van der Waals surface area contributed by atoms with Crippen molar-refractivity contribution in [2.75, 3.05) is 5.32 Å². The van der Waals surface area contributed by atoms with Gasteiger partial charge >= 0.3 is 0 Å². The van der Waals surface area contributed by atoms with Gasteiger partial charge in [0.25, 0.3) is 0 Å². The lowest BCUT2D eigenvalue weighted by atomic mass is 9.79. The van der Waals surface area contributed by atoms with Crippen LogP contribution in [0.1, 0.15) is 32.8 Å². The second-order valence-corrected chi connectivity index (χ2v) is 8.25. The predicted molar refractivity (Wildman–Crippen MR) is 112 cm³/mol. The quantitative estimate of drug-likeness (QED) is 0.562. The summed E-state index contributed by atoms with van der Waals surface area (Å²) in [6.45, 7) is 6.66. The van der Waals surface area contributed by atoms with Crippen molar-refractivity contribution in [2.45, 2.75) is 38.6 Å². The summed E-state index contributed by atoms with van der Waals surface area (Å²) in [7, 11) is 0. The Balaban J connectivity index is 1.92. The van der Waals surface area contributed by atoms with Crippen molar-refractivity contribution < 1.29 is 0 Å². The van der Waals surface area contributed by atoms with Gasteiger partial charge in [-0.3, -0.25) is 0 Å². The van der Waals surface area contributed by atoms with E-state index in [1.807, 2.05) is 24.3 Å². The Morgan fingerprint density at radius 3 is 2.50 bits per heavy atom. The van der Waals surface area contributed by atoms with Crippen LogP contribution in [-0.4, -0.2) is 11.2 Å². The summed E-state index contributed by atoms with van der Waals surface area (Å²) in [4.78, 5) is 0. The molecule has 5 heteroatoms. The first-order valence-electron chi connectivity index (χ1n) is 7.86. The molecule has 0 aromatic heterocycles. The lowest BCUT2D eigenvalue weighted by Crippen LogP contribution is -2.39. The fraction of sp³-hybridized carbons (Fsp3) is 0.316. The van der Waals surface area contributed by atoms with Gasteiger partial charge in [0.05, 0.1) is 5.02 Å². The highest BCUT2D eigenvalue weighted by atomic mass is 79.9. The van der Waals surface area contributed by atoms with E-state index in [0.29, 0.717) is 10.1 Å². The molecule has 0 bridgehead atoms. The lowest BCUT2D eigenvalue weighted by Gasteiger charge is -2.29. The Morgan fingerprint density at radius 1 is 1.21 bits per heavy atom. The van der Waals surface area contributed by atoms with Crippen LogP contribution in [0.25, 0.3) is 0 Å². The van der Waals surface area contributed by atoms with Crippen LogP contribution in [0.4, 0.5) is 5.69 Å². The summed E-state index contributed by atoms with van der Waals surface area (Å²) >= 11 is 14.9. The smallest absolute Gasteiger partial charge is 0.170 e. The standard InChI is InChI=1S/C19H22BrClN2S/c1-13(12-19(2,3)14-7-5-4-6-8-14)22-18(24)23-15-9-10-16(20)17(21)11-15/h4-11,13H,12H2,1-3H3,(H2,22,23,24). The highest BCUT2D eigenvalue weighted by Crippen LogP contribution is 2.28. The number of nitrogens with one attached hydrogen (secondary N) is 2. The second-order valence-electron chi connectivity index (χ2n) is 6.58. The maximum Gasteiger partial charge on any atom is 0.170 e. The molecule has 0 fully saturated rings. The number of anilines is 1. The molecule has 0 saturated heterocycles. The monoisotopic (exact) mass is 424 g/mol. The molecule has 1 atom stereocenters. The Bertz CT molecular complexity index is 704. The van der Waals surface area contributed by atoms with Gasteiger partial charge in [-0.05, 0) is 70.7 Å². The normalized spacial score (nSPS) is 12.5. The average Bonchev–Trinajstić information content (AvgIpc) is 2.51. The first-order chi connectivity index (χ1) is 11.3. The number of thiocarbonyl (C=S) groups is 1. The number of hydrogen-bond donors (Lipinski definition) is 2.